The maximum absolute atomic E-state index is 12.5. The third-order valence-electron chi connectivity index (χ3n) is 3.59. The fourth-order valence-corrected chi connectivity index (χ4v) is 2.29. The number of hydrogen-bond acceptors (Lipinski definition) is 5. The molecular formula is C21H30N2O5. The Morgan fingerprint density at radius 3 is 2.43 bits per heavy atom. The van der Waals surface area contributed by atoms with E-state index in [1.165, 1.54) is 17.1 Å². The highest BCUT2D eigenvalue weighted by molar-refractivity contribution is 5.69. The van der Waals surface area contributed by atoms with Crippen molar-refractivity contribution in [2.75, 3.05) is 13.1 Å². The number of aliphatic hydroxyl groups excluding tert-OH is 1. The molecule has 0 spiro atoms. The molecule has 0 radical (unpaired) electrons. The zero-order chi connectivity index (χ0) is 21.2. The van der Waals surface area contributed by atoms with Gasteiger partial charge in [0.25, 0.3) is 0 Å². The minimum atomic E-state index is -1.08. The van der Waals surface area contributed by atoms with Crippen LogP contribution >= 0.6 is 0 Å². The number of benzene rings is 1. The topological polar surface area (TPSA) is 88.1 Å². The summed E-state index contributed by atoms with van der Waals surface area (Å²) in [5.41, 5.74) is 0.160. The van der Waals surface area contributed by atoms with Crippen molar-refractivity contribution in [1.29, 1.82) is 0 Å². The third-order valence-corrected chi connectivity index (χ3v) is 3.59. The van der Waals surface area contributed by atoms with E-state index in [-0.39, 0.29) is 19.7 Å². The highest BCUT2D eigenvalue weighted by Crippen LogP contribution is 2.09. The largest absolute Gasteiger partial charge is 0.445 e. The standard InChI is InChI=1S/C21H30N2O5/c1-6-13-23(20(26)27-15-16-11-9-8-10-12-16)14-17(18(24)7-2)22-19(25)28-21(3,4)5/h6-12,17-18,24H,1-2,13-15H2,3-5H3,(H,22,25)/t17-,18-/m0/s1. The summed E-state index contributed by atoms with van der Waals surface area (Å²) in [7, 11) is 0. The SMILES string of the molecule is C=CCN(C[C@H](NC(=O)OC(C)(C)C)[C@@H](O)C=C)C(=O)OCc1ccccc1. The number of carbonyl (C=O) groups is 2. The minimum absolute atomic E-state index is 0.00786. The van der Waals surface area contributed by atoms with Crippen LogP contribution in [0, 0.1) is 0 Å². The summed E-state index contributed by atoms with van der Waals surface area (Å²) >= 11 is 0. The molecular weight excluding hydrogens is 360 g/mol. The third kappa shape index (κ3) is 8.73. The number of hydrogen-bond donors (Lipinski definition) is 2. The molecule has 7 heteroatoms. The Morgan fingerprint density at radius 2 is 1.89 bits per heavy atom. The van der Waals surface area contributed by atoms with Gasteiger partial charge in [-0.15, -0.1) is 13.2 Å². The number of nitrogens with zero attached hydrogens (tertiary/aromatic N) is 1. The Balaban J connectivity index is 2.78. The molecule has 28 heavy (non-hydrogen) atoms. The van der Waals surface area contributed by atoms with Crippen LogP contribution in [-0.4, -0.2) is 53.0 Å². The van der Waals surface area contributed by atoms with E-state index in [1.807, 2.05) is 30.3 Å². The number of ether oxygens (including phenoxy) is 2. The van der Waals surface area contributed by atoms with E-state index in [1.54, 1.807) is 20.8 Å². The van der Waals surface area contributed by atoms with Crippen molar-refractivity contribution in [3.63, 3.8) is 0 Å². The van der Waals surface area contributed by atoms with Crippen LogP contribution in [0.4, 0.5) is 9.59 Å². The van der Waals surface area contributed by atoms with Crippen LogP contribution in [0.5, 0.6) is 0 Å². The van der Waals surface area contributed by atoms with Gasteiger partial charge in [0.2, 0.25) is 0 Å². The molecule has 1 aromatic carbocycles. The Bertz CT molecular complexity index is 655. The number of alkyl carbamates (subject to hydrolysis) is 1. The Morgan fingerprint density at radius 1 is 1.25 bits per heavy atom. The number of nitrogens with one attached hydrogen (secondary N) is 1. The lowest BCUT2D eigenvalue weighted by Crippen LogP contribution is -2.52. The average Bonchev–Trinajstić information content (AvgIpc) is 2.63. The summed E-state index contributed by atoms with van der Waals surface area (Å²) in [6, 6.07) is 8.45. The number of amides is 2. The van der Waals surface area contributed by atoms with E-state index in [4.69, 9.17) is 9.47 Å². The first-order chi connectivity index (χ1) is 13.2. The van der Waals surface area contributed by atoms with E-state index in [9.17, 15) is 14.7 Å². The molecule has 2 amide bonds. The fourth-order valence-electron chi connectivity index (χ4n) is 2.29. The molecule has 154 valence electrons. The molecule has 0 saturated carbocycles. The zero-order valence-corrected chi connectivity index (χ0v) is 16.8. The van der Waals surface area contributed by atoms with E-state index in [2.05, 4.69) is 18.5 Å². The molecule has 0 aliphatic rings. The lowest BCUT2D eigenvalue weighted by molar-refractivity contribution is 0.0412. The van der Waals surface area contributed by atoms with Gasteiger partial charge in [-0.1, -0.05) is 42.5 Å². The molecule has 0 aliphatic heterocycles. The van der Waals surface area contributed by atoms with Gasteiger partial charge in [0.15, 0.2) is 0 Å². The first kappa shape index (κ1) is 23.2. The van der Waals surface area contributed by atoms with Gasteiger partial charge in [-0.05, 0) is 26.3 Å². The molecule has 0 bridgehead atoms. The van der Waals surface area contributed by atoms with Crippen molar-refractivity contribution in [2.24, 2.45) is 0 Å². The van der Waals surface area contributed by atoms with Gasteiger partial charge in [0, 0.05) is 13.1 Å². The first-order valence-electron chi connectivity index (χ1n) is 9.03. The second-order valence-electron chi connectivity index (χ2n) is 7.21. The van der Waals surface area contributed by atoms with Crippen LogP contribution in [-0.2, 0) is 16.1 Å². The molecule has 0 heterocycles. The normalized spacial score (nSPS) is 13.0. The van der Waals surface area contributed by atoms with E-state index < -0.39 is 29.9 Å². The number of aliphatic hydroxyl groups is 1. The summed E-state index contributed by atoms with van der Waals surface area (Å²) in [6.07, 6.45) is 0.449. The van der Waals surface area contributed by atoms with Crippen molar-refractivity contribution >= 4 is 12.2 Å². The van der Waals surface area contributed by atoms with Crippen LogP contribution < -0.4 is 5.32 Å². The maximum Gasteiger partial charge on any atom is 0.410 e. The van der Waals surface area contributed by atoms with E-state index in [0.29, 0.717) is 0 Å². The van der Waals surface area contributed by atoms with Crippen LogP contribution in [0.2, 0.25) is 0 Å². The van der Waals surface area contributed by atoms with Gasteiger partial charge in [-0.2, -0.15) is 0 Å². The van der Waals surface area contributed by atoms with Crippen LogP contribution in [0.25, 0.3) is 0 Å². The van der Waals surface area contributed by atoms with Gasteiger partial charge in [-0.3, -0.25) is 0 Å². The smallest absolute Gasteiger partial charge is 0.410 e. The van der Waals surface area contributed by atoms with Crippen LogP contribution in [0.3, 0.4) is 0 Å². The highest BCUT2D eigenvalue weighted by atomic mass is 16.6. The van der Waals surface area contributed by atoms with Crippen molar-refractivity contribution in [2.45, 2.75) is 45.1 Å². The van der Waals surface area contributed by atoms with Gasteiger partial charge < -0.3 is 24.8 Å². The summed E-state index contributed by atoms with van der Waals surface area (Å²) in [4.78, 5) is 25.9. The van der Waals surface area contributed by atoms with Crippen LogP contribution in [0.15, 0.2) is 55.6 Å². The second kappa shape index (κ2) is 11.1. The molecule has 0 aromatic heterocycles. The van der Waals surface area contributed by atoms with Crippen molar-refractivity contribution in [1.82, 2.24) is 10.2 Å². The van der Waals surface area contributed by atoms with Gasteiger partial charge >= 0.3 is 12.2 Å². The van der Waals surface area contributed by atoms with E-state index >= 15 is 0 Å². The maximum atomic E-state index is 12.5. The lowest BCUT2D eigenvalue weighted by Gasteiger charge is -2.29. The predicted molar refractivity (Wildman–Crippen MR) is 108 cm³/mol. The zero-order valence-electron chi connectivity index (χ0n) is 16.8. The Labute approximate surface area is 166 Å². The highest BCUT2D eigenvalue weighted by Gasteiger charge is 2.27. The van der Waals surface area contributed by atoms with Crippen molar-refractivity contribution in [3.05, 3.63) is 61.2 Å². The molecule has 0 aliphatic carbocycles. The molecule has 0 saturated heterocycles. The quantitative estimate of drug-likeness (QED) is 0.632. The summed E-state index contributed by atoms with van der Waals surface area (Å²) < 4.78 is 10.6. The lowest BCUT2D eigenvalue weighted by atomic mass is 10.1. The summed E-state index contributed by atoms with van der Waals surface area (Å²) in [6.45, 7) is 12.7. The predicted octanol–water partition coefficient (Wildman–Crippen LogP) is 3.25. The van der Waals surface area contributed by atoms with Crippen molar-refractivity contribution in [3.8, 4) is 0 Å². The van der Waals surface area contributed by atoms with Gasteiger partial charge in [-0.25, -0.2) is 9.59 Å². The van der Waals surface area contributed by atoms with Gasteiger partial charge in [0.1, 0.15) is 12.2 Å². The molecule has 2 atom stereocenters. The Kier molecular flexibility index (Phi) is 9.24. The van der Waals surface area contributed by atoms with E-state index in [0.717, 1.165) is 5.56 Å². The molecule has 0 unspecified atom stereocenters. The monoisotopic (exact) mass is 390 g/mol. The average molecular weight is 390 g/mol. The summed E-state index contributed by atoms with van der Waals surface area (Å²) in [5.74, 6) is 0. The molecule has 7 nitrogen and oxygen atoms in total. The molecule has 2 N–H and O–H groups in total. The fraction of sp³-hybridized carbons (Fsp3) is 0.429. The molecule has 0 fully saturated rings. The Hall–Kier alpha value is -2.80. The van der Waals surface area contributed by atoms with Crippen molar-refractivity contribution < 1.29 is 24.2 Å². The molecule has 1 rings (SSSR count). The number of rotatable bonds is 9. The summed E-state index contributed by atoms with van der Waals surface area (Å²) in [5, 5.41) is 12.8. The number of carbonyl (C=O) groups excluding carboxylic acids is 2. The first-order valence-corrected chi connectivity index (χ1v) is 9.03. The van der Waals surface area contributed by atoms with Gasteiger partial charge in [0.05, 0.1) is 12.1 Å². The van der Waals surface area contributed by atoms with Crippen LogP contribution in [0.1, 0.15) is 26.3 Å². The molecule has 1 aromatic rings. The minimum Gasteiger partial charge on any atom is -0.445 e. The second-order valence-corrected chi connectivity index (χ2v) is 7.21.